The van der Waals surface area contributed by atoms with Gasteiger partial charge in [0.05, 0.1) is 17.1 Å². The molecule has 5 nitrogen and oxygen atoms in total. The Labute approximate surface area is 120 Å². The molecular formula is C13H15BrN4O. The van der Waals surface area contributed by atoms with Crippen LogP contribution < -0.4 is 5.32 Å². The SMILES string of the molecule is Cc1cc(C)n(CC(=O)Nc2ccc(Br)nc2C)n1. The minimum absolute atomic E-state index is 0.113. The summed E-state index contributed by atoms with van der Waals surface area (Å²) in [6.07, 6.45) is 0. The average molecular weight is 323 g/mol. The molecule has 2 aromatic heterocycles. The van der Waals surface area contributed by atoms with Gasteiger partial charge in [0, 0.05) is 5.69 Å². The third kappa shape index (κ3) is 3.41. The lowest BCUT2D eigenvalue weighted by Gasteiger charge is -2.09. The van der Waals surface area contributed by atoms with Gasteiger partial charge < -0.3 is 5.32 Å². The molecule has 0 saturated carbocycles. The van der Waals surface area contributed by atoms with E-state index in [4.69, 9.17) is 0 Å². The maximum atomic E-state index is 12.0. The standard InChI is InChI=1S/C13H15BrN4O/c1-8-6-9(2)18(17-8)7-13(19)16-11-4-5-12(14)15-10(11)3/h4-6H,7H2,1-3H3,(H,16,19). The number of aryl methyl sites for hydroxylation is 3. The molecule has 0 aliphatic carbocycles. The number of hydrogen-bond acceptors (Lipinski definition) is 3. The van der Waals surface area contributed by atoms with Crippen molar-refractivity contribution in [2.24, 2.45) is 0 Å². The Bertz CT molecular complexity index is 621. The first-order valence-corrected chi connectivity index (χ1v) is 6.69. The van der Waals surface area contributed by atoms with Crippen molar-refractivity contribution < 1.29 is 4.79 Å². The summed E-state index contributed by atoms with van der Waals surface area (Å²) in [5.74, 6) is -0.113. The summed E-state index contributed by atoms with van der Waals surface area (Å²) < 4.78 is 2.44. The van der Waals surface area contributed by atoms with Gasteiger partial charge >= 0.3 is 0 Å². The zero-order valence-corrected chi connectivity index (χ0v) is 12.7. The van der Waals surface area contributed by atoms with Crippen molar-refractivity contribution in [2.75, 3.05) is 5.32 Å². The topological polar surface area (TPSA) is 59.8 Å². The second-order valence-electron chi connectivity index (χ2n) is 4.40. The Hall–Kier alpha value is -1.69. The quantitative estimate of drug-likeness (QED) is 0.883. The number of hydrogen-bond donors (Lipinski definition) is 1. The summed E-state index contributed by atoms with van der Waals surface area (Å²) in [4.78, 5) is 16.2. The molecule has 0 aliphatic heterocycles. The van der Waals surface area contributed by atoms with Crippen LogP contribution >= 0.6 is 15.9 Å². The number of rotatable bonds is 3. The molecule has 2 aromatic rings. The van der Waals surface area contributed by atoms with E-state index in [0.29, 0.717) is 0 Å². The van der Waals surface area contributed by atoms with Gasteiger partial charge in [0.15, 0.2) is 0 Å². The van der Waals surface area contributed by atoms with Crippen LogP contribution in [0.3, 0.4) is 0 Å². The Morgan fingerprint density at radius 2 is 2.11 bits per heavy atom. The summed E-state index contributed by atoms with van der Waals surface area (Å²) in [5, 5.41) is 7.10. The molecule has 0 unspecified atom stereocenters. The molecule has 1 amide bonds. The normalized spacial score (nSPS) is 10.5. The predicted molar refractivity (Wildman–Crippen MR) is 77.0 cm³/mol. The monoisotopic (exact) mass is 322 g/mol. The number of carbonyl (C=O) groups excluding carboxylic acids is 1. The van der Waals surface area contributed by atoms with Crippen molar-refractivity contribution in [3.8, 4) is 0 Å². The van der Waals surface area contributed by atoms with Gasteiger partial charge in [-0.05, 0) is 54.9 Å². The molecule has 0 aliphatic rings. The first-order valence-electron chi connectivity index (χ1n) is 5.90. The number of anilines is 1. The van der Waals surface area contributed by atoms with Gasteiger partial charge in [0.2, 0.25) is 5.91 Å². The van der Waals surface area contributed by atoms with Crippen LogP contribution in [0.25, 0.3) is 0 Å². The molecule has 2 rings (SSSR count). The lowest BCUT2D eigenvalue weighted by atomic mass is 10.3. The number of pyridine rings is 1. The highest BCUT2D eigenvalue weighted by atomic mass is 79.9. The summed E-state index contributed by atoms with van der Waals surface area (Å²) in [6, 6.07) is 5.57. The maximum absolute atomic E-state index is 12.0. The third-order valence-corrected chi connectivity index (χ3v) is 3.16. The number of aromatic nitrogens is 3. The van der Waals surface area contributed by atoms with Gasteiger partial charge in [-0.2, -0.15) is 5.10 Å². The lowest BCUT2D eigenvalue weighted by Crippen LogP contribution is -2.21. The zero-order valence-electron chi connectivity index (χ0n) is 11.1. The van der Waals surface area contributed by atoms with E-state index in [1.165, 1.54) is 0 Å². The van der Waals surface area contributed by atoms with E-state index in [-0.39, 0.29) is 12.5 Å². The third-order valence-electron chi connectivity index (χ3n) is 2.72. The molecule has 0 atom stereocenters. The van der Waals surface area contributed by atoms with Crippen molar-refractivity contribution in [1.82, 2.24) is 14.8 Å². The number of carbonyl (C=O) groups is 1. The summed E-state index contributed by atoms with van der Waals surface area (Å²) >= 11 is 3.29. The van der Waals surface area contributed by atoms with E-state index >= 15 is 0 Å². The van der Waals surface area contributed by atoms with E-state index < -0.39 is 0 Å². The van der Waals surface area contributed by atoms with E-state index in [9.17, 15) is 4.79 Å². The molecule has 1 N–H and O–H groups in total. The van der Waals surface area contributed by atoms with Gasteiger partial charge in [-0.1, -0.05) is 0 Å². The summed E-state index contributed by atoms with van der Waals surface area (Å²) in [6.45, 7) is 5.89. The van der Waals surface area contributed by atoms with Crippen molar-refractivity contribution >= 4 is 27.5 Å². The second-order valence-corrected chi connectivity index (χ2v) is 5.21. The molecule has 0 saturated heterocycles. The van der Waals surface area contributed by atoms with Crippen LogP contribution in [0, 0.1) is 20.8 Å². The minimum Gasteiger partial charge on any atom is -0.323 e. The first-order chi connectivity index (χ1) is 8.95. The van der Waals surface area contributed by atoms with E-state index in [1.807, 2.05) is 32.9 Å². The molecule has 6 heteroatoms. The van der Waals surface area contributed by atoms with E-state index in [2.05, 4.69) is 31.3 Å². The average Bonchev–Trinajstić information content (AvgIpc) is 2.61. The van der Waals surface area contributed by atoms with Gasteiger partial charge in [-0.3, -0.25) is 9.48 Å². The van der Waals surface area contributed by atoms with Crippen LogP contribution in [0.5, 0.6) is 0 Å². The number of amides is 1. The molecule has 0 spiro atoms. The van der Waals surface area contributed by atoms with Crippen molar-refractivity contribution in [3.63, 3.8) is 0 Å². The first kappa shape index (κ1) is 13.7. The highest BCUT2D eigenvalue weighted by Gasteiger charge is 2.09. The zero-order chi connectivity index (χ0) is 14.0. The number of nitrogens with one attached hydrogen (secondary N) is 1. The van der Waals surface area contributed by atoms with Crippen LogP contribution in [0.4, 0.5) is 5.69 Å². The van der Waals surface area contributed by atoms with Crippen molar-refractivity contribution in [1.29, 1.82) is 0 Å². The minimum atomic E-state index is -0.113. The van der Waals surface area contributed by atoms with Gasteiger partial charge in [0.25, 0.3) is 0 Å². The molecule has 0 fully saturated rings. The second kappa shape index (κ2) is 5.52. The van der Waals surface area contributed by atoms with Gasteiger partial charge in [-0.15, -0.1) is 0 Å². The fourth-order valence-electron chi connectivity index (χ4n) is 1.82. The molecule has 2 heterocycles. The molecule has 0 radical (unpaired) electrons. The summed E-state index contributed by atoms with van der Waals surface area (Å²) in [7, 11) is 0. The van der Waals surface area contributed by atoms with E-state index in [1.54, 1.807) is 10.7 Å². The largest absolute Gasteiger partial charge is 0.323 e. The lowest BCUT2D eigenvalue weighted by molar-refractivity contribution is -0.116. The Balaban J connectivity index is 2.07. The highest BCUT2D eigenvalue weighted by Crippen LogP contribution is 2.16. The Morgan fingerprint density at radius 3 is 2.68 bits per heavy atom. The van der Waals surface area contributed by atoms with Crippen molar-refractivity contribution in [2.45, 2.75) is 27.3 Å². The summed E-state index contributed by atoms with van der Waals surface area (Å²) in [5.41, 5.74) is 3.37. The molecule has 19 heavy (non-hydrogen) atoms. The Morgan fingerprint density at radius 1 is 1.37 bits per heavy atom. The van der Waals surface area contributed by atoms with Gasteiger partial charge in [-0.25, -0.2) is 4.98 Å². The fourth-order valence-corrected chi connectivity index (χ4v) is 2.22. The Kier molecular flexibility index (Phi) is 3.99. The van der Waals surface area contributed by atoms with Crippen LogP contribution in [0.15, 0.2) is 22.8 Å². The van der Waals surface area contributed by atoms with Crippen molar-refractivity contribution in [3.05, 3.63) is 39.9 Å². The molecule has 0 bridgehead atoms. The van der Waals surface area contributed by atoms with Crippen LogP contribution in [0.2, 0.25) is 0 Å². The number of halogens is 1. The van der Waals surface area contributed by atoms with Crippen LogP contribution in [0.1, 0.15) is 17.1 Å². The number of nitrogens with zero attached hydrogens (tertiary/aromatic N) is 3. The fraction of sp³-hybridized carbons (Fsp3) is 0.308. The van der Waals surface area contributed by atoms with Crippen LogP contribution in [-0.2, 0) is 11.3 Å². The highest BCUT2D eigenvalue weighted by molar-refractivity contribution is 9.10. The van der Waals surface area contributed by atoms with E-state index in [0.717, 1.165) is 27.4 Å². The molecule has 0 aromatic carbocycles. The molecule has 100 valence electrons. The van der Waals surface area contributed by atoms with Gasteiger partial charge in [0.1, 0.15) is 11.1 Å². The predicted octanol–water partition coefficient (Wildman–Crippen LogP) is 2.60. The van der Waals surface area contributed by atoms with Crippen LogP contribution in [-0.4, -0.2) is 20.7 Å². The smallest absolute Gasteiger partial charge is 0.246 e. The maximum Gasteiger partial charge on any atom is 0.246 e. The molecular weight excluding hydrogens is 308 g/mol.